The van der Waals surface area contributed by atoms with E-state index in [0.717, 1.165) is 62.7 Å². The van der Waals surface area contributed by atoms with Crippen molar-refractivity contribution >= 4 is 44.0 Å². The summed E-state index contributed by atoms with van der Waals surface area (Å²) < 4.78 is 55.2. The minimum absolute atomic E-state index is 0.00774. The molecule has 75 heavy (non-hydrogen) atoms. The van der Waals surface area contributed by atoms with E-state index in [4.69, 9.17) is 23.9 Å². The number of aromatic amines is 1. The number of aromatic nitrogens is 2. The molecule has 4 aliphatic heterocycles. The number of H-pyrrole nitrogens is 1. The molecular formula is C56H70N8O10S. The zero-order valence-electron chi connectivity index (χ0n) is 43.2. The quantitative estimate of drug-likeness (QED) is 0.0569. The van der Waals surface area contributed by atoms with E-state index in [2.05, 4.69) is 67.8 Å². The number of benzene rings is 3. The van der Waals surface area contributed by atoms with E-state index in [1.807, 2.05) is 19.1 Å². The van der Waals surface area contributed by atoms with Gasteiger partial charge in [-0.3, -0.25) is 24.7 Å². The summed E-state index contributed by atoms with van der Waals surface area (Å²) in [4.78, 5) is 41.1. The Labute approximate surface area is 438 Å². The number of carbonyl (C=O) groups is 1. The van der Waals surface area contributed by atoms with E-state index >= 15 is 0 Å². The SMILES string of the molecule is CC(C)c1ccccc1[C@H]1CCCN1C1CC2(CCN(c3ccc(C(=O)NS(=O)(=O)c4cc5c(c([N+](=O)[O-])c4)N[C@@H](C4CCC(C)(O)CC4)CO5)c(Oc4cc5cc[nH]c5nc4OCCN4CCOCC4)c3)CC2)C1. The Balaban J connectivity index is 0.839. The molecule has 3 aromatic carbocycles. The molecule has 2 saturated carbocycles. The fraction of sp³-hybridized carbons (Fsp3) is 0.536. The number of hydrogen-bond acceptors (Lipinski definition) is 15. The van der Waals surface area contributed by atoms with Crippen molar-refractivity contribution in [2.24, 2.45) is 11.3 Å². The van der Waals surface area contributed by atoms with E-state index in [0.29, 0.717) is 75.7 Å². The van der Waals surface area contributed by atoms with Gasteiger partial charge in [0, 0.05) is 80.3 Å². The number of likely N-dealkylation sites (tertiary alicyclic amines) is 1. The van der Waals surface area contributed by atoms with E-state index in [9.17, 15) is 28.4 Å². The predicted molar refractivity (Wildman–Crippen MR) is 285 cm³/mol. The van der Waals surface area contributed by atoms with Gasteiger partial charge in [-0.25, -0.2) is 13.1 Å². The molecule has 400 valence electrons. The van der Waals surface area contributed by atoms with Crippen LogP contribution in [0.3, 0.4) is 0 Å². The molecule has 18 nitrogen and oxygen atoms in total. The van der Waals surface area contributed by atoms with Crippen LogP contribution in [0, 0.1) is 21.4 Å². The summed E-state index contributed by atoms with van der Waals surface area (Å²) in [7, 11) is -4.73. The van der Waals surface area contributed by atoms with Gasteiger partial charge in [0.15, 0.2) is 17.2 Å². The lowest BCUT2D eigenvalue weighted by Crippen LogP contribution is -2.54. The van der Waals surface area contributed by atoms with Crippen LogP contribution in [0.5, 0.6) is 23.1 Å². The van der Waals surface area contributed by atoms with E-state index < -0.39 is 37.0 Å². The van der Waals surface area contributed by atoms with E-state index in [-0.39, 0.29) is 58.4 Å². The molecule has 2 aromatic heterocycles. The maximum Gasteiger partial charge on any atom is 0.297 e. The van der Waals surface area contributed by atoms with Crippen molar-refractivity contribution in [3.8, 4) is 23.1 Å². The van der Waals surface area contributed by atoms with Gasteiger partial charge >= 0.3 is 0 Å². The van der Waals surface area contributed by atoms with Gasteiger partial charge in [0.2, 0.25) is 0 Å². The summed E-state index contributed by atoms with van der Waals surface area (Å²) in [5, 5.41) is 27.1. The summed E-state index contributed by atoms with van der Waals surface area (Å²) in [6, 6.07) is 20.7. The number of fused-ring (bicyclic) bond motifs is 2. The lowest BCUT2D eigenvalue weighted by atomic mass is 9.59. The molecule has 0 radical (unpaired) electrons. The third-order valence-corrected chi connectivity index (χ3v) is 18.4. The molecule has 6 heterocycles. The minimum atomic E-state index is -4.73. The van der Waals surface area contributed by atoms with Crippen LogP contribution in [0.1, 0.15) is 118 Å². The number of carbonyl (C=O) groups excluding carboxylic acids is 1. The zero-order valence-corrected chi connectivity index (χ0v) is 44.0. The first-order valence-corrected chi connectivity index (χ1v) is 28.4. The smallest absolute Gasteiger partial charge is 0.297 e. The van der Waals surface area contributed by atoms with Crippen LogP contribution in [-0.4, -0.2) is 128 Å². The number of hydrogen-bond donors (Lipinski definition) is 4. The van der Waals surface area contributed by atoms with Crippen LogP contribution in [-0.2, 0) is 14.8 Å². The number of nitro benzene ring substituents is 1. The highest BCUT2D eigenvalue weighted by Gasteiger charge is 2.50. The van der Waals surface area contributed by atoms with Gasteiger partial charge in [-0.15, -0.1) is 0 Å². The third kappa shape index (κ3) is 10.8. The number of morpholine rings is 1. The largest absolute Gasteiger partial charge is 0.489 e. The van der Waals surface area contributed by atoms with Crippen LogP contribution in [0.4, 0.5) is 17.1 Å². The zero-order chi connectivity index (χ0) is 52.1. The standard InChI is InChI=1S/C56H70N8O10S/c1-36(2)42-7-4-5-8-43(42)46-9-6-20-63(46)40-33-56(34-40)17-21-62(22-18-56)39-10-11-44(48(30-39)74-50-29-38-14-19-57-52(38)59-54(50)72-28-25-61-23-26-71-27-24-61)53(65)60-75(69,70)41-31-47(64(67)68)51-49(32-41)73-35-45(58-51)37-12-15-55(3,66)16-13-37/h4-5,7-8,10-11,14,19,29-32,36-37,40,45-46,58,66H,6,9,12-13,15-18,20-28,33-35H2,1-3H3,(H,57,59)(H,60,65)/t37?,45-,46-,55?/m1/s1. The second-order valence-corrected chi connectivity index (χ2v) is 24.1. The summed E-state index contributed by atoms with van der Waals surface area (Å²) >= 11 is 0. The highest BCUT2D eigenvalue weighted by molar-refractivity contribution is 7.90. The maximum absolute atomic E-state index is 14.5. The summed E-state index contributed by atoms with van der Waals surface area (Å²) in [6.45, 7) is 13.0. The van der Waals surface area contributed by atoms with Gasteiger partial charge < -0.3 is 39.3 Å². The molecule has 2 aliphatic carbocycles. The molecule has 6 aliphatic rings. The fourth-order valence-corrected chi connectivity index (χ4v) is 13.7. The molecule has 0 unspecified atom stereocenters. The molecular weight excluding hydrogens is 977 g/mol. The van der Waals surface area contributed by atoms with Crippen molar-refractivity contribution in [3.05, 3.63) is 99.7 Å². The fourth-order valence-electron chi connectivity index (χ4n) is 12.7. The topological polar surface area (TPSA) is 214 Å². The van der Waals surface area contributed by atoms with Gasteiger partial charge in [0.05, 0.1) is 40.2 Å². The molecule has 2 atom stereocenters. The monoisotopic (exact) mass is 1050 g/mol. The van der Waals surface area contributed by atoms with Gasteiger partial charge in [-0.2, -0.15) is 4.98 Å². The van der Waals surface area contributed by atoms with Crippen LogP contribution in [0.2, 0.25) is 0 Å². The number of sulfonamides is 1. The molecule has 1 amide bonds. The number of piperidine rings is 1. The van der Waals surface area contributed by atoms with Gasteiger partial charge in [0.25, 0.3) is 27.5 Å². The summed E-state index contributed by atoms with van der Waals surface area (Å²) in [5.41, 5.74) is 3.34. The van der Waals surface area contributed by atoms with Crippen molar-refractivity contribution in [3.63, 3.8) is 0 Å². The van der Waals surface area contributed by atoms with Gasteiger partial charge in [-0.05, 0) is 130 Å². The second-order valence-electron chi connectivity index (χ2n) is 22.4. The van der Waals surface area contributed by atoms with E-state index in [1.54, 1.807) is 24.4 Å². The Morgan fingerprint density at radius 1 is 0.973 bits per heavy atom. The third-order valence-electron chi connectivity index (χ3n) is 17.1. The Morgan fingerprint density at radius 2 is 1.75 bits per heavy atom. The van der Waals surface area contributed by atoms with Crippen molar-refractivity contribution in [2.75, 3.05) is 75.9 Å². The van der Waals surface area contributed by atoms with E-state index in [1.165, 1.54) is 42.9 Å². The highest BCUT2D eigenvalue weighted by Crippen LogP contribution is 2.54. The van der Waals surface area contributed by atoms with Crippen molar-refractivity contribution < 1.29 is 42.2 Å². The number of nitrogens with zero attached hydrogens (tertiary/aromatic N) is 5. The number of nitrogens with one attached hydrogen (secondary N) is 3. The number of amides is 1. The Morgan fingerprint density at radius 3 is 2.51 bits per heavy atom. The molecule has 19 heteroatoms. The molecule has 11 rings (SSSR count). The van der Waals surface area contributed by atoms with Crippen molar-refractivity contribution in [1.29, 1.82) is 0 Å². The summed E-state index contributed by atoms with van der Waals surface area (Å²) in [6.07, 6.45) is 11.2. The first-order chi connectivity index (χ1) is 36.1. The van der Waals surface area contributed by atoms with Crippen molar-refractivity contribution in [2.45, 2.75) is 120 Å². The molecule has 5 fully saturated rings. The van der Waals surface area contributed by atoms with Gasteiger partial charge in [-0.1, -0.05) is 38.1 Å². The number of ether oxygens (including phenoxy) is 4. The van der Waals surface area contributed by atoms with Crippen LogP contribution in [0.25, 0.3) is 11.0 Å². The molecule has 3 saturated heterocycles. The Hall–Kier alpha value is -5.99. The molecule has 0 bridgehead atoms. The average molecular weight is 1050 g/mol. The van der Waals surface area contributed by atoms with Crippen LogP contribution < -0.4 is 29.1 Å². The summed E-state index contributed by atoms with van der Waals surface area (Å²) in [5.74, 6) is 0.0821. The van der Waals surface area contributed by atoms with Crippen LogP contribution >= 0.6 is 0 Å². The van der Waals surface area contributed by atoms with Crippen LogP contribution in [0.15, 0.2) is 77.8 Å². The first kappa shape index (κ1) is 51.1. The van der Waals surface area contributed by atoms with Gasteiger partial charge in [0.1, 0.15) is 24.6 Å². The molecule has 4 N–H and O–H groups in total. The number of nitro groups is 1. The predicted octanol–water partition coefficient (Wildman–Crippen LogP) is 8.92. The second kappa shape index (κ2) is 20.9. The first-order valence-electron chi connectivity index (χ1n) is 26.9. The van der Waals surface area contributed by atoms with Crippen molar-refractivity contribution in [1.82, 2.24) is 24.5 Å². The number of rotatable bonds is 15. The minimum Gasteiger partial charge on any atom is -0.489 e. The number of aliphatic hydroxyl groups is 1. The Kier molecular flexibility index (Phi) is 14.2. The number of pyridine rings is 1. The molecule has 5 aromatic rings. The molecule has 1 spiro atoms. The number of anilines is 2. The Bertz CT molecular complexity index is 3020. The maximum atomic E-state index is 14.5. The highest BCUT2D eigenvalue weighted by atomic mass is 32.2. The normalized spacial score (nSPS) is 24.3. The lowest BCUT2D eigenvalue weighted by molar-refractivity contribution is -0.384. The lowest BCUT2D eigenvalue weighted by Gasteiger charge is -2.56. The average Bonchev–Trinajstić information content (AvgIpc) is 4.08.